The van der Waals surface area contributed by atoms with Crippen molar-refractivity contribution in [2.75, 3.05) is 19.8 Å². The molecule has 0 aliphatic heterocycles. The molecule has 0 aromatic carbocycles. The monoisotopic (exact) mass is 296 g/mol. The first kappa shape index (κ1) is 17.1. The molecule has 1 heterocycles. The van der Waals surface area contributed by atoms with Crippen LogP contribution in [0.4, 0.5) is 0 Å². The van der Waals surface area contributed by atoms with E-state index in [1.807, 2.05) is 0 Å². The molecule has 0 radical (unpaired) electrons. The van der Waals surface area contributed by atoms with Crippen LogP contribution in [-0.4, -0.2) is 37.9 Å². The molecule has 116 valence electrons. The number of furan rings is 1. The third kappa shape index (κ3) is 5.17. The van der Waals surface area contributed by atoms with E-state index in [-0.39, 0.29) is 25.4 Å². The van der Waals surface area contributed by atoms with Gasteiger partial charge in [-0.25, -0.2) is 4.79 Å². The van der Waals surface area contributed by atoms with Crippen molar-refractivity contribution in [1.82, 2.24) is 0 Å². The zero-order valence-electron chi connectivity index (χ0n) is 12.5. The SMILES string of the molecule is CCOC(=O)/C(=C\c1ccco1)C(=O)C(OCC)OCC. The van der Waals surface area contributed by atoms with Crippen LogP contribution in [0.25, 0.3) is 6.08 Å². The molecule has 1 aromatic rings. The van der Waals surface area contributed by atoms with Gasteiger partial charge >= 0.3 is 5.97 Å². The van der Waals surface area contributed by atoms with Crippen LogP contribution >= 0.6 is 0 Å². The van der Waals surface area contributed by atoms with Gasteiger partial charge in [-0.15, -0.1) is 0 Å². The molecule has 1 aromatic heterocycles. The van der Waals surface area contributed by atoms with Gasteiger partial charge in [0.1, 0.15) is 11.3 Å². The first-order chi connectivity index (χ1) is 10.1. The number of carbonyl (C=O) groups excluding carboxylic acids is 2. The summed E-state index contributed by atoms with van der Waals surface area (Å²) in [7, 11) is 0. The number of Topliss-reactive ketones (excluding diaryl/α,β-unsaturated/α-hetero) is 1. The number of hydrogen-bond acceptors (Lipinski definition) is 6. The molecule has 0 unspecified atom stereocenters. The molecule has 0 saturated carbocycles. The lowest BCUT2D eigenvalue weighted by molar-refractivity contribution is -0.165. The minimum Gasteiger partial charge on any atom is -0.465 e. The van der Waals surface area contributed by atoms with Crippen molar-refractivity contribution in [2.45, 2.75) is 27.1 Å². The van der Waals surface area contributed by atoms with E-state index in [1.165, 1.54) is 12.3 Å². The zero-order chi connectivity index (χ0) is 15.7. The largest absolute Gasteiger partial charge is 0.465 e. The second kappa shape index (κ2) is 9.10. The summed E-state index contributed by atoms with van der Waals surface area (Å²) in [5.74, 6) is -0.949. The summed E-state index contributed by atoms with van der Waals surface area (Å²) in [5, 5.41) is 0. The van der Waals surface area contributed by atoms with E-state index < -0.39 is 18.0 Å². The van der Waals surface area contributed by atoms with Crippen LogP contribution in [0.3, 0.4) is 0 Å². The maximum Gasteiger partial charge on any atom is 0.342 e. The highest BCUT2D eigenvalue weighted by atomic mass is 16.7. The second-order valence-corrected chi connectivity index (χ2v) is 3.90. The van der Waals surface area contributed by atoms with Gasteiger partial charge in [0.2, 0.25) is 12.1 Å². The number of ether oxygens (including phenoxy) is 3. The summed E-state index contributed by atoms with van der Waals surface area (Å²) in [6.45, 7) is 5.87. The van der Waals surface area contributed by atoms with E-state index >= 15 is 0 Å². The summed E-state index contributed by atoms with van der Waals surface area (Å²) in [6.07, 6.45) is 1.64. The number of ketones is 1. The lowest BCUT2D eigenvalue weighted by Crippen LogP contribution is -2.32. The Morgan fingerprint density at radius 3 is 2.33 bits per heavy atom. The summed E-state index contributed by atoms with van der Waals surface area (Å²) in [5.41, 5.74) is -0.168. The van der Waals surface area contributed by atoms with Crippen molar-refractivity contribution in [3.05, 3.63) is 29.7 Å². The molecular weight excluding hydrogens is 276 g/mol. The van der Waals surface area contributed by atoms with Gasteiger partial charge in [-0.05, 0) is 39.0 Å². The van der Waals surface area contributed by atoms with Crippen LogP contribution in [0.15, 0.2) is 28.4 Å². The van der Waals surface area contributed by atoms with Crippen LogP contribution in [0.1, 0.15) is 26.5 Å². The molecular formula is C15H20O6. The summed E-state index contributed by atoms with van der Waals surface area (Å²) in [6, 6.07) is 3.28. The smallest absolute Gasteiger partial charge is 0.342 e. The molecule has 0 aliphatic carbocycles. The van der Waals surface area contributed by atoms with Crippen LogP contribution in [0.5, 0.6) is 0 Å². The number of esters is 1. The standard InChI is InChI=1S/C15H20O6/c1-4-18-14(17)12(10-11-8-7-9-21-11)13(16)15(19-5-2)20-6-3/h7-10,15H,4-6H2,1-3H3/b12-10-. The Bertz CT molecular complexity index is 468. The number of rotatable bonds is 9. The highest BCUT2D eigenvalue weighted by Gasteiger charge is 2.29. The molecule has 0 N–H and O–H groups in total. The predicted molar refractivity (Wildman–Crippen MR) is 75.4 cm³/mol. The van der Waals surface area contributed by atoms with Gasteiger partial charge in [0.15, 0.2) is 0 Å². The Morgan fingerprint density at radius 2 is 1.86 bits per heavy atom. The van der Waals surface area contributed by atoms with Gasteiger partial charge < -0.3 is 18.6 Å². The average molecular weight is 296 g/mol. The Hall–Kier alpha value is -1.92. The van der Waals surface area contributed by atoms with Crippen molar-refractivity contribution in [3.8, 4) is 0 Å². The molecule has 0 spiro atoms. The first-order valence-corrected chi connectivity index (χ1v) is 6.83. The molecule has 0 saturated heterocycles. The quantitative estimate of drug-likeness (QED) is 0.229. The van der Waals surface area contributed by atoms with E-state index in [1.54, 1.807) is 32.9 Å². The third-order valence-corrected chi connectivity index (χ3v) is 2.44. The number of carbonyl (C=O) groups is 2. The zero-order valence-corrected chi connectivity index (χ0v) is 12.5. The van der Waals surface area contributed by atoms with Crippen LogP contribution < -0.4 is 0 Å². The van der Waals surface area contributed by atoms with Crippen molar-refractivity contribution in [1.29, 1.82) is 0 Å². The second-order valence-electron chi connectivity index (χ2n) is 3.90. The van der Waals surface area contributed by atoms with Gasteiger partial charge in [-0.1, -0.05) is 0 Å². The summed E-state index contributed by atoms with van der Waals surface area (Å²) < 4.78 is 20.5. The van der Waals surface area contributed by atoms with E-state index in [9.17, 15) is 9.59 Å². The van der Waals surface area contributed by atoms with Gasteiger partial charge in [0, 0.05) is 13.2 Å². The molecule has 21 heavy (non-hydrogen) atoms. The highest BCUT2D eigenvalue weighted by molar-refractivity contribution is 6.21. The molecule has 0 atom stereocenters. The Morgan fingerprint density at radius 1 is 1.19 bits per heavy atom. The average Bonchev–Trinajstić information content (AvgIpc) is 2.97. The fraction of sp³-hybridized carbons (Fsp3) is 0.467. The number of hydrogen-bond donors (Lipinski definition) is 0. The highest BCUT2D eigenvalue weighted by Crippen LogP contribution is 2.14. The van der Waals surface area contributed by atoms with E-state index in [2.05, 4.69) is 0 Å². The van der Waals surface area contributed by atoms with Crippen molar-refractivity contribution in [3.63, 3.8) is 0 Å². The Balaban J connectivity index is 3.04. The molecule has 0 aliphatic rings. The van der Waals surface area contributed by atoms with E-state index in [4.69, 9.17) is 18.6 Å². The van der Waals surface area contributed by atoms with E-state index in [0.29, 0.717) is 5.76 Å². The molecule has 6 heteroatoms. The maximum absolute atomic E-state index is 12.4. The molecule has 0 bridgehead atoms. The minimum absolute atomic E-state index is 0.162. The third-order valence-electron chi connectivity index (χ3n) is 2.44. The van der Waals surface area contributed by atoms with Crippen LogP contribution in [0, 0.1) is 0 Å². The normalized spacial score (nSPS) is 11.7. The molecule has 0 fully saturated rings. The fourth-order valence-corrected chi connectivity index (χ4v) is 1.58. The lowest BCUT2D eigenvalue weighted by Gasteiger charge is -2.16. The minimum atomic E-state index is -1.13. The van der Waals surface area contributed by atoms with Crippen LogP contribution in [-0.2, 0) is 23.8 Å². The predicted octanol–water partition coefficient (Wildman–Crippen LogP) is 2.19. The van der Waals surface area contributed by atoms with Gasteiger partial charge in [0.25, 0.3) is 0 Å². The summed E-state index contributed by atoms with van der Waals surface area (Å²) in [4.78, 5) is 24.4. The summed E-state index contributed by atoms with van der Waals surface area (Å²) >= 11 is 0. The van der Waals surface area contributed by atoms with Crippen molar-refractivity contribution >= 4 is 17.8 Å². The van der Waals surface area contributed by atoms with Gasteiger partial charge in [-0.3, -0.25) is 4.79 Å². The Kier molecular flexibility index (Phi) is 7.42. The van der Waals surface area contributed by atoms with Crippen LogP contribution in [0.2, 0.25) is 0 Å². The maximum atomic E-state index is 12.4. The molecule has 6 nitrogen and oxygen atoms in total. The Labute approximate surface area is 123 Å². The van der Waals surface area contributed by atoms with Gasteiger partial charge in [0.05, 0.1) is 12.9 Å². The molecule has 0 amide bonds. The van der Waals surface area contributed by atoms with Crippen molar-refractivity contribution in [2.24, 2.45) is 0 Å². The topological polar surface area (TPSA) is 75.0 Å². The lowest BCUT2D eigenvalue weighted by atomic mass is 10.1. The fourth-order valence-electron chi connectivity index (χ4n) is 1.58. The first-order valence-electron chi connectivity index (χ1n) is 6.83. The van der Waals surface area contributed by atoms with Gasteiger partial charge in [-0.2, -0.15) is 0 Å². The van der Waals surface area contributed by atoms with Crippen molar-refractivity contribution < 1.29 is 28.2 Å². The molecule has 1 rings (SSSR count). The van der Waals surface area contributed by atoms with E-state index in [0.717, 1.165) is 0 Å².